The molecule has 3 heterocycles. The second-order valence-electron chi connectivity index (χ2n) is 13.5. The maximum absolute atomic E-state index is 5.40. The predicted molar refractivity (Wildman–Crippen MR) is 217 cm³/mol. The van der Waals surface area contributed by atoms with Crippen LogP contribution in [0.15, 0.2) is 182 Å². The molecule has 52 heavy (non-hydrogen) atoms. The van der Waals surface area contributed by atoms with Gasteiger partial charge in [0.2, 0.25) is 5.95 Å². The first kappa shape index (κ1) is 28.8. The molecular weight excluding hydrogens is 633 g/mol. The molecular formula is C48H30N4. The average Bonchev–Trinajstić information content (AvgIpc) is 3.72. The highest BCUT2D eigenvalue weighted by Crippen LogP contribution is 2.39. The Morgan fingerprint density at radius 1 is 0.327 bits per heavy atom. The molecule has 0 spiro atoms. The van der Waals surface area contributed by atoms with Crippen LogP contribution in [-0.2, 0) is 0 Å². The van der Waals surface area contributed by atoms with Crippen LogP contribution in [0.5, 0.6) is 0 Å². The maximum Gasteiger partial charge on any atom is 0.235 e. The van der Waals surface area contributed by atoms with Gasteiger partial charge in [0.15, 0.2) is 0 Å². The van der Waals surface area contributed by atoms with Gasteiger partial charge >= 0.3 is 0 Å². The number of rotatable bonds is 4. The fourth-order valence-corrected chi connectivity index (χ4v) is 8.08. The summed E-state index contributed by atoms with van der Waals surface area (Å²) in [4.78, 5) is 10.6. The number of para-hydroxylation sites is 3. The Labute approximate surface area is 299 Å². The summed E-state index contributed by atoms with van der Waals surface area (Å²) in [6, 6.07) is 64.9. The second-order valence-corrected chi connectivity index (χ2v) is 13.5. The van der Waals surface area contributed by atoms with Gasteiger partial charge in [0.25, 0.3) is 0 Å². The molecule has 0 amide bonds. The van der Waals surface area contributed by atoms with Crippen molar-refractivity contribution in [2.24, 2.45) is 0 Å². The normalized spacial score (nSPS) is 11.8. The topological polar surface area (TPSA) is 35.6 Å². The SMILES string of the molecule is c1ccc(-c2ccc(-c3nc(-n4c5ccc(-n6c7ccccc7c7ccccc76)cc5c5cc6ccccc6cc54)nc4ccccc34)cc2)cc1. The van der Waals surface area contributed by atoms with Gasteiger partial charge in [-0.2, -0.15) is 0 Å². The molecule has 3 aromatic heterocycles. The zero-order chi connectivity index (χ0) is 34.2. The zero-order valence-electron chi connectivity index (χ0n) is 28.1. The monoisotopic (exact) mass is 662 g/mol. The molecule has 242 valence electrons. The molecule has 0 fully saturated rings. The molecule has 0 bridgehead atoms. The first-order valence-corrected chi connectivity index (χ1v) is 17.7. The van der Waals surface area contributed by atoms with Crippen molar-refractivity contribution < 1.29 is 0 Å². The number of fused-ring (bicyclic) bond motifs is 8. The lowest BCUT2D eigenvalue weighted by atomic mass is 10.0. The van der Waals surface area contributed by atoms with Crippen LogP contribution in [0.25, 0.3) is 99.3 Å². The van der Waals surface area contributed by atoms with Crippen molar-refractivity contribution in [3.63, 3.8) is 0 Å². The van der Waals surface area contributed by atoms with Crippen LogP contribution in [-0.4, -0.2) is 19.1 Å². The molecule has 0 N–H and O–H groups in total. The Hall–Kier alpha value is -7.04. The molecule has 0 saturated heterocycles. The quantitative estimate of drug-likeness (QED) is 0.188. The molecule has 0 aliphatic rings. The molecule has 4 heteroatoms. The summed E-state index contributed by atoms with van der Waals surface area (Å²) >= 11 is 0. The molecule has 0 saturated carbocycles. The van der Waals surface area contributed by atoms with Gasteiger partial charge < -0.3 is 4.57 Å². The standard InChI is InChI=1S/C48H30N4/c1-2-12-31(13-3-1)32-22-24-33(25-23-32)47-39-18-6-9-19-42(39)49-48(50-47)52-45-27-26-36(30-41(45)40-28-34-14-4-5-15-35(34)29-46(40)52)51-43-20-10-7-16-37(43)38-17-8-11-21-44(38)51/h1-30H. The van der Waals surface area contributed by atoms with E-state index in [4.69, 9.17) is 9.97 Å². The van der Waals surface area contributed by atoms with E-state index in [9.17, 15) is 0 Å². The lowest BCUT2D eigenvalue weighted by Gasteiger charge is -2.13. The van der Waals surface area contributed by atoms with Gasteiger partial charge in [-0.1, -0.05) is 133 Å². The fraction of sp³-hybridized carbons (Fsp3) is 0. The van der Waals surface area contributed by atoms with E-state index in [0.29, 0.717) is 5.95 Å². The highest BCUT2D eigenvalue weighted by Gasteiger charge is 2.20. The average molecular weight is 663 g/mol. The minimum Gasteiger partial charge on any atom is -0.309 e. The van der Waals surface area contributed by atoms with E-state index in [2.05, 4.69) is 191 Å². The Morgan fingerprint density at radius 3 is 1.63 bits per heavy atom. The highest BCUT2D eigenvalue weighted by atomic mass is 15.2. The fourth-order valence-electron chi connectivity index (χ4n) is 8.08. The van der Waals surface area contributed by atoms with Gasteiger partial charge in [-0.3, -0.25) is 4.57 Å². The van der Waals surface area contributed by atoms with Gasteiger partial charge in [-0.05, 0) is 70.4 Å². The number of aromatic nitrogens is 4. The van der Waals surface area contributed by atoms with E-state index in [1.54, 1.807) is 0 Å². The summed E-state index contributed by atoms with van der Waals surface area (Å²) in [5, 5.41) is 8.24. The molecule has 0 radical (unpaired) electrons. The zero-order valence-corrected chi connectivity index (χ0v) is 28.1. The molecule has 0 unspecified atom stereocenters. The maximum atomic E-state index is 5.40. The Balaban J connectivity index is 1.18. The molecule has 11 aromatic rings. The van der Waals surface area contributed by atoms with E-state index >= 15 is 0 Å². The van der Waals surface area contributed by atoms with Gasteiger partial charge in [0, 0.05) is 38.2 Å². The summed E-state index contributed by atoms with van der Waals surface area (Å²) in [7, 11) is 0. The van der Waals surface area contributed by atoms with Crippen molar-refractivity contribution >= 4 is 65.3 Å². The Kier molecular flexibility index (Phi) is 6.22. The van der Waals surface area contributed by atoms with E-state index in [-0.39, 0.29) is 0 Å². The molecule has 0 atom stereocenters. The van der Waals surface area contributed by atoms with Crippen molar-refractivity contribution in [3.05, 3.63) is 182 Å². The number of nitrogens with zero attached hydrogens (tertiary/aromatic N) is 4. The van der Waals surface area contributed by atoms with Crippen LogP contribution in [0.2, 0.25) is 0 Å². The van der Waals surface area contributed by atoms with Crippen LogP contribution < -0.4 is 0 Å². The summed E-state index contributed by atoms with van der Waals surface area (Å²) < 4.78 is 4.64. The minimum atomic E-state index is 0.653. The molecule has 11 rings (SSSR count). The predicted octanol–water partition coefficient (Wildman–Crippen LogP) is 12.3. The molecule has 0 aliphatic carbocycles. The number of hydrogen-bond acceptors (Lipinski definition) is 2. The van der Waals surface area contributed by atoms with Crippen LogP contribution in [0.3, 0.4) is 0 Å². The third-order valence-corrected chi connectivity index (χ3v) is 10.5. The van der Waals surface area contributed by atoms with Crippen molar-refractivity contribution in [1.82, 2.24) is 19.1 Å². The van der Waals surface area contributed by atoms with Crippen LogP contribution in [0.1, 0.15) is 0 Å². The smallest absolute Gasteiger partial charge is 0.235 e. The van der Waals surface area contributed by atoms with E-state index < -0.39 is 0 Å². The first-order chi connectivity index (χ1) is 25.8. The van der Waals surface area contributed by atoms with Crippen molar-refractivity contribution in [3.8, 4) is 34.0 Å². The van der Waals surface area contributed by atoms with Gasteiger partial charge in [-0.25, -0.2) is 9.97 Å². The lowest BCUT2D eigenvalue weighted by Crippen LogP contribution is -2.03. The third kappa shape index (κ3) is 4.34. The highest BCUT2D eigenvalue weighted by molar-refractivity contribution is 6.15. The summed E-state index contributed by atoms with van der Waals surface area (Å²) in [6.45, 7) is 0. The number of hydrogen-bond donors (Lipinski definition) is 0. The van der Waals surface area contributed by atoms with Crippen LogP contribution in [0, 0.1) is 0 Å². The Morgan fingerprint density at radius 2 is 0.885 bits per heavy atom. The van der Waals surface area contributed by atoms with E-state index in [1.165, 1.54) is 49.1 Å². The summed E-state index contributed by atoms with van der Waals surface area (Å²) in [5.74, 6) is 0.653. The summed E-state index contributed by atoms with van der Waals surface area (Å²) in [5.41, 5.74) is 10.9. The third-order valence-electron chi connectivity index (χ3n) is 10.5. The molecule has 4 nitrogen and oxygen atoms in total. The lowest BCUT2D eigenvalue weighted by molar-refractivity contribution is 1.01. The second kappa shape index (κ2) is 11.2. The minimum absolute atomic E-state index is 0.653. The van der Waals surface area contributed by atoms with Crippen molar-refractivity contribution in [1.29, 1.82) is 0 Å². The van der Waals surface area contributed by atoms with Gasteiger partial charge in [-0.15, -0.1) is 0 Å². The van der Waals surface area contributed by atoms with Crippen LogP contribution >= 0.6 is 0 Å². The van der Waals surface area contributed by atoms with E-state index in [1.807, 2.05) is 0 Å². The molecule has 0 aliphatic heterocycles. The van der Waals surface area contributed by atoms with Gasteiger partial charge in [0.05, 0.1) is 33.3 Å². The van der Waals surface area contributed by atoms with E-state index in [0.717, 1.165) is 44.3 Å². The Bertz CT molecular complexity index is 3120. The van der Waals surface area contributed by atoms with Crippen molar-refractivity contribution in [2.45, 2.75) is 0 Å². The molecule has 8 aromatic carbocycles. The largest absolute Gasteiger partial charge is 0.309 e. The number of benzene rings is 8. The van der Waals surface area contributed by atoms with Crippen molar-refractivity contribution in [2.75, 3.05) is 0 Å². The summed E-state index contributed by atoms with van der Waals surface area (Å²) in [6.07, 6.45) is 0. The van der Waals surface area contributed by atoms with Gasteiger partial charge in [0.1, 0.15) is 0 Å². The first-order valence-electron chi connectivity index (χ1n) is 17.7. The van der Waals surface area contributed by atoms with Crippen LogP contribution in [0.4, 0.5) is 0 Å².